The van der Waals surface area contributed by atoms with Crippen LogP contribution in [0.1, 0.15) is 23.7 Å². The van der Waals surface area contributed by atoms with Gasteiger partial charge in [0, 0.05) is 25.3 Å². The Hall–Kier alpha value is -1.88. The summed E-state index contributed by atoms with van der Waals surface area (Å²) in [5.41, 5.74) is 6.83. The van der Waals surface area contributed by atoms with Crippen LogP contribution in [0.5, 0.6) is 0 Å². The lowest BCUT2D eigenvalue weighted by atomic mass is 10.1. The minimum absolute atomic E-state index is 0.0712. The van der Waals surface area contributed by atoms with Gasteiger partial charge in [0.2, 0.25) is 5.91 Å². The Labute approximate surface area is 107 Å². The molecule has 0 unspecified atom stereocenters. The predicted molar refractivity (Wildman–Crippen MR) is 71.4 cm³/mol. The quantitative estimate of drug-likeness (QED) is 0.838. The molecule has 5 nitrogen and oxygen atoms in total. The fourth-order valence-corrected chi connectivity index (χ4v) is 1.37. The van der Waals surface area contributed by atoms with Gasteiger partial charge in [-0.1, -0.05) is 6.92 Å². The highest BCUT2D eigenvalue weighted by atomic mass is 16.2. The molecule has 0 aliphatic rings. The topological polar surface area (TPSA) is 75.4 Å². The molecule has 5 heteroatoms. The van der Waals surface area contributed by atoms with Crippen molar-refractivity contribution in [2.24, 2.45) is 5.73 Å². The fraction of sp³-hybridized carbons (Fsp3) is 0.385. The van der Waals surface area contributed by atoms with Gasteiger partial charge in [-0.25, -0.2) is 0 Å². The number of nitrogens with one attached hydrogen (secondary N) is 1. The van der Waals surface area contributed by atoms with E-state index in [1.165, 1.54) is 4.90 Å². The van der Waals surface area contributed by atoms with Crippen molar-refractivity contribution in [1.82, 2.24) is 4.90 Å². The number of carbonyl (C=O) groups excluding carboxylic acids is 2. The number of nitrogens with zero attached hydrogens (tertiary/aromatic N) is 1. The third-order valence-corrected chi connectivity index (χ3v) is 2.58. The fourth-order valence-electron chi connectivity index (χ4n) is 1.37. The molecule has 3 N–H and O–H groups in total. The zero-order chi connectivity index (χ0) is 13.7. The van der Waals surface area contributed by atoms with Crippen LogP contribution in [0.25, 0.3) is 0 Å². The van der Waals surface area contributed by atoms with Crippen LogP contribution in [-0.4, -0.2) is 36.9 Å². The molecule has 0 spiro atoms. The summed E-state index contributed by atoms with van der Waals surface area (Å²) in [5, 5.41) is 2.70. The molecule has 1 atom stereocenters. The number of carbonyl (C=O) groups is 2. The number of amides is 2. The van der Waals surface area contributed by atoms with Gasteiger partial charge in [0.05, 0.1) is 6.04 Å². The Kier molecular flexibility index (Phi) is 4.85. The number of benzene rings is 1. The van der Waals surface area contributed by atoms with Crippen LogP contribution in [0.15, 0.2) is 24.3 Å². The molecule has 2 amide bonds. The van der Waals surface area contributed by atoms with Crippen molar-refractivity contribution in [3.63, 3.8) is 0 Å². The van der Waals surface area contributed by atoms with Gasteiger partial charge in [-0.2, -0.15) is 0 Å². The molecule has 0 aromatic heterocycles. The molecular weight excluding hydrogens is 230 g/mol. The van der Waals surface area contributed by atoms with E-state index in [1.807, 2.05) is 6.92 Å². The predicted octanol–water partition coefficient (Wildman–Crippen LogP) is 1.06. The van der Waals surface area contributed by atoms with Gasteiger partial charge in [-0.15, -0.1) is 0 Å². The molecule has 0 saturated heterocycles. The maximum atomic E-state index is 11.7. The monoisotopic (exact) mass is 249 g/mol. The molecule has 0 bridgehead atoms. The van der Waals surface area contributed by atoms with E-state index in [0.29, 0.717) is 17.7 Å². The summed E-state index contributed by atoms with van der Waals surface area (Å²) in [6.07, 6.45) is 0.586. The highest BCUT2D eigenvalue weighted by Crippen LogP contribution is 2.11. The molecule has 1 rings (SSSR count). The molecule has 98 valence electrons. The van der Waals surface area contributed by atoms with Crippen molar-refractivity contribution in [2.75, 3.05) is 19.4 Å². The smallest absolute Gasteiger partial charge is 0.253 e. The van der Waals surface area contributed by atoms with Crippen LogP contribution < -0.4 is 11.1 Å². The number of hydrogen-bond donors (Lipinski definition) is 2. The van der Waals surface area contributed by atoms with E-state index in [1.54, 1.807) is 38.4 Å². The molecule has 0 fully saturated rings. The standard InChI is InChI=1S/C13H19N3O2/c1-4-11(14)12(17)15-10-7-5-9(6-8-10)13(18)16(2)3/h5-8,11H,4,14H2,1-3H3,(H,15,17)/t11-/m0/s1. The zero-order valence-electron chi connectivity index (χ0n) is 10.9. The first-order valence-corrected chi connectivity index (χ1v) is 5.84. The van der Waals surface area contributed by atoms with Crippen LogP contribution in [0, 0.1) is 0 Å². The Morgan fingerprint density at radius 1 is 1.28 bits per heavy atom. The lowest BCUT2D eigenvalue weighted by Crippen LogP contribution is -2.34. The summed E-state index contributed by atoms with van der Waals surface area (Å²) >= 11 is 0. The minimum Gasteiger partial charge on any atom is -0.345 e. The van der Waals surface area contributed by atoms with Gasteiger partial charge in [0.1, 0.15) is 0 Å². The summed E-state index contributed by atoms with van der Waals surface area (Å²) < 4.78 is 0. The SMILES string of the molecule is CC[C@H](N)C(=O)Nc1ccc(C(=O)N(C)C)cc1. The molecule has 18 heavy (non-hydrogen) atoms. The highest BCUT2D eigenvalue weighted by molar-refractivity contribution is 5.96. The minimum atomic E-state index is -0.506. The Bertz CT molecular complexity index is 426. The summed E-state index contributed by atoms with van der Waals surface area (Å²) in [7, 11) is 3.39. The van der Waals surface area contributed by atoms with Crippen molar-refractivity contribution >= 4 is 17.5 Å². The summed E-state index contributed by atoms with van der Waals surface area (Å²) in [6.45, 7) is 1.85. The van der Waals surface area contributed by atoms with Crippen molar-refractivity contribution in [1.29, 1.82) is 0 Å². The first-order chi connectivity index (χ1) is 8.45. The summed E-state index contributed by atoms with van der Waals surface area (Å²) in [6, 6.07) is 6.23. The average molecular weight is 249 g/mol. The molecule has 0 saturated carbocycles. The Balaban J connectivity index is 2.72. The average Bonchev–Trinajstić information content (AvgIpc) is 2.37. The second-order valence-electron chi connectivity index (χ2n) is 4.28. The lowest BCUT2D eigenvalue weighted by molar-refractivity contribution is -0.117. The van der Waals surface area contributed by atoms with E-state index in [9.17, 15) is 9.59 Å². The normalized spacial score (nSPS) is 11.8. The summed E-state index contributed by atoms with van der Waals surface area (Å²) in [5.74, 6) is -0.290. The van der Waals surface area contributed by atoms with E-state index in [-0.39, 0.29) is 11.8 Å². The maximum Gasteiger partial charge on any atom is 0.253 e. The van der Waals surface area contributed by atoms with E-state index in [2.05, 4.69) is 5.32 Å². The van der Waals surface area contributed by atoms with Gasteiger partial charge < -0.3 is 16.0 Å². The zero-order valence-corrected chi connectivity index (χ0v) is 10.9. The van der Waals surface area contributed by atoms with Crippen molar-refractivity contribution in [2.45, 2.75) is 19.4 Å². The second-order valence-corrected chi connectivity index (χ2v) is 4.28. The molecule has 0 heterocycles. The van der Waals surface area contributed by atoms with E-state index < -0.39 is 6.04 Å². The van der Waals surface area contributed by atoms with E-state index in [0.717, 1.165) is 0 Å². The lowest BCUT2D eigenvalue weighted by Gasteiger charge is -2.12. The van der Waals surface area contributed by atoms with Gasteiger partial charge in [0.25, 0.3) is 5.91 Å². The molecule has 1 aromatic carbocycles. The number of anilines is 1. The third kappa shape index (κ3) is 3.56. The molecule has 0 aliphatic heterocycles. The molecule has 1 aromatic rings. The van der Waals surface area contributed by atoms with Crippen molar-refractivity contribution in [3.05, 3.63) is 29.8 Å². The Morgan fingerprint density at radius 3 is 2.28 bits per heavy atom. The maximum absolute atomic E-state index is 11.7. The van der Waals surface area contributed by atoms with Crippen LogP contribution in [0.4, 0.5) is 5.69 Å². The van der Waals surface area contributed by atoms with Crippen LogP contribution in [0.2, 0.25) is 0 Å². The largest absolute Gasteiger partial charge is 0.345 e. The first kappa shape index (κ1) is 14.2. The second kappa shape index (κ2) is 6.16. The van der Waals surface area contributed by atoms with Gasteiger partial charge >= 0.3 is 0 Å². The van der Waals surface area contributed by atoms with Crippen LogP contribution in [0.3, 0.4) is 0 Å². The van der Waals surface area contributed by atoms with Gasteiger partial charge in [-0.05, 0) is 30.7 Å². The van der Waals surface area contributed by atoms with Crippen molar-refractivity contribution in [3.8, 4) is 0 Å². The van der Waals surface area contributed by atoms with E-state index in [4.69, 9.17) is 5.73 Å². The van der Waals surface area contributed by atoms with Gasteiger partial charge in [-0.3, -0.25) is 9.59 Å². The highest BCUT2D eigenvalue weighted by Gasteiger charge is 2.11. The number of hydrogen-bond acceptors (Lipinski definition) is 3. The first-order valence-electron chi connectivity index (χ1n) is 5.84. The van der Waals surface area contributed by atoms with Crippen molar-refractivity contribution < 1.29 is 9.59 Å². The third-order valence-electron chi connectivity index (χ3n) is 2.58. The molecule has 0 aliphatic carbocycles. The Morgan fingerprint density at radius 2 is 1.83 bits per heavy atom. The van der Waals surface area contributed by atoms with E-state index >= 15 is 0 Å². The summed E-state index contributed by atoms with van der Waals surface area (Å²) in [4.78, 5) is 24.7. The molecular formula is C13H19N3O2. The van der Waals surface area contributed by atoms with Crippen LogP contribution >= 0.6 is 0 Å². The molecule has 0 radical (unpaired) electrons. The van der Waals surface area contributed by atoms with Gasteiger partial charge in [0.15, 0.2) is 0 Å². The number of rotatable bonds is 4. The van der Waals surface area contributed by atoms with Crippen LogP contribution in [-0.2, 0) is 4.79 Å². The number of nitrogens with two attached hydrogens (primary N) is 1.